The number of carbonyl (C=O) groups excluding carboxylic acids is 1. The summed E-state index contributed by atoms with van der Waals surface area (Å²) >= 11 is 0. The van der Waals surface area contributed by atoms with Crippen molar-refractivity contribution in [2.75, 3.05) is 26.2 Å². The van der Waals surface area contributed by atoms with Crippen molar-refractivity contribution in [1.29, 1.82) is 0 Å². The molecule has 0 aliphatic carbocycles. The molecule has 2 aromatic rings. The molecule has 0 saturated carbocycles. The van der Waals surface area contributed by atoms with Gasteiger partial charge in [0.1, 0.15) is 5.82 Å². The predicted octanol–water partition coefficient (Wildman–Crippen LogP) is 3.82. The van der Waals surface area contributed by atoms with Gasteiger partial charge in [0.2, 0.25) is 0 Å². The number of H-pyrrole nitrogens is 1. The van der Waals surface area contributed by atoms with Gasteiger partial charge in [0, 0.05) is 37.0 Å². The van der Waals surface area contributed by atoms with Gasteiger partial charge in [0.05, 0.1) is 0 Å². The van der Waals surface area contributed by atoms with Crippen LogP contribution in [0.2, 0.25) is 0 Å². The minimum Gasteiger partial charge on any atom is -0.348 e. The van der Waals surface area contributed by atoms with E-state index in [2.05, 4.69) is 27.4 Å². The number of nitrogens with one attached hydrogen (secondary N) is 2. The molecule has 5 nitrogen and oxygen atoms in total. The number of benzene rings is 1. The van der Waals surface area contributed by atoms with E-state index in [1.165, 1.54) is 18.4 Å². The molecule has 2 aliphatic heterocycles. The minimum absolute atomic E-state index is 0. The fourth-order valence-corrected chi connectivity index (χ4v) is 4.25. The molecule has 154 valence electrons. The number of hydrogen-bond donors (Lipinski definition) is 2. The topological polar surface area (TPSA) is 61.0 Å². The predicted molar refractivity (Wildman–Crippen MR) is 117 cm³/mol. The molecule has 28 heavy (non-hydrogen) atoms. The highest BCUT2D eigenvalue weighted by atomic mass is 35.5. The molecule has 2 fully saturated rings. The first-order chi connectivity index (χ1) is 12.8. The molecule has 2 N–H and O–H groups in total. The summed E-state index contributed by atoms with van der Waals surface area (Å²) in [6.45, 7) is 3.88. The second kappa shape index (κ2) is 10.8. The van der Waals surface area contributed by atoms with Crippen LogP contribution in [0.4, 0.5) is 0 Å². The quantitative estimate of drug-likeness (QED) is 0.783. The molecule has 3 heterocycles. The number of carbonyl (C=O) groups is 1. The standard InChI is InChI=1S/C21H28N4O.2ClH/c26-21(25-12-7-18(8-13-25)20-23-10-11-24-20)19-5-3-16(4-6-19)14-17-2-1-9-22-15-17;;/h3-6,10-11,17-18,22H,1-2,7-9,12-15H2,(H,23,24);2*1H. The lowest BCUT2D eigenvalue weighted by Crippen LogP contribution is -2.38. The van der Waals surface area contributed by atoms with E-state index < -0.39 is 0 Å². The molecule has 0 spiro atoms. The highest BCUT2D eigenvalue weighted by Gasteiger charge is 2.25. The normalized spacial score (nSPS) is 20.1. The maximum absolute atomic E-state index is 12.8. The van der Waals surface area contributed by atoms with Crippen LogP contribution in [-0.2, 0) is 6.42 Å². The third-order valence-electron chi connectivity index (χ3n) is 5.81. The lowest BCUT2D eigenvalue weighted by molar-refractivity contribution is 0.0711. The summed E-state index contributed by atoms with van der Waals surface area (Å²) in [5.41, 5.74) is 2.15. The van der Waals surface area contributed by atoms with Gasteiger partial charge in [0.25, 0.3) is 5.91 Å². The maximum atomic E-state index is 12.8. The van der Waals surface area contributed by atoms with Gasteiger partial charge in [-0.3, -0.25) is 4.79 Å². The first-order valence-electron chi connectivity index (χ1n) is 9.88. The van der Waals surface area contributed by atoms with Crippen LogP contribution in [0.1, 0.15) is 53.3 Å². The number of piperidine rings is 2. The van der Waals surface area contributed by atoms with Crippen molar-refractivity contribution >= 4 is 30.7 Å². The Morgan fingerprint density at radius 3 is 2.46 bits per heavy atom. The Hall–Kier alpha value is -1.56. The van der Waals surface area contributed by atoms with Crippen LogP contribution in [0.15, 0.2) is 36.7 Å². The number of aromatic nitrogens is 2. The molecule has 1 unspecified atom stereocenters. The summed E-state index contributed by atoms with van der Waals surface area (Å²) in [5, 5.41) is 3.47. The fraction of sp³-hybridized carbons (Fsp3) is 0.524. The summed E-state index contributed by atoms with van der Waals surface area (Å²) < 4.78 is 0. The van der Waals surface area contributed by atoms with Crippen LogP contribution < -0.4 is 5.32 Å². The fourth-order valence-electron chi connectivity index (χ4n) is 4.25. The molecule has 2 saturated heterocycles. The van der Waals surface area contributed by atoms with Crippen molar-refractivity contribution in [3.8, 4) is 0 Å². The van der Waals surface area contributed by atoms with Gasteiger partial charge in [-0.2, -0.15) is 0 Å². The summed E-state index contributed by atoms with van der Waals surface area (Å²) in [4.78, 5) is 22.3. The minimum atomic E-state index is 0. The van der Waals surface area contributed by atoms with E-state index in [1.54, 1.807) is 6.20 Å². The second-order valence-electron chi connectivity index (χ2n) is 7.65. The van der Waals surface area contributed by atoms with Crippen LogP contribution in [0.25, 0.3) is 0 Å². The number of likely N-dealkylation sites (tertiary alicyclic amines) is 1. The summed E-state index contributed by atoms with van der Waals surface area (Å²) in [7, 11) is 0. The van der Waals surface area contributed by atoms with E-state index in [-0.39, 0.29) is 30.7 Å². The van der Waals surface area contributed by atoms with Crippen molar-refractivity contribution in [2.24, 2.45) is 5.92 Å². The Balaban J connectivity index is 0.00000140. The third kappa shape index (κ3) is 5.49. The molecular weight excluding hydrogens is 395 g/mol. The van der Waals surface area contributed by atoms with Crippen molar-refractivity contribution in [3.63, 3.8) is 0 Å². The molecule has 2 aliphatic rings. The van der Waals surface area contributed by atoms with E-state index in [1.807, 2.05) is 23.2 Å². The van der Waals surface area contributed by atoms with Gasteiger partial charge < -0.3 is 15.2 Å². The number of nitrogens with zero attached hydrogens (tertiary/aromatic N) is 2. The Labute approximate surface area is 179 Å². The molecule has 0 radical (unpaired) electrons. The van der Waals surface area contributed by atoms with Crippen LogP contribution in [-0.4, -0.2) is 47.0 Å². The average molecular weight is 425 g/mol. The Morgan fingerprint density at radius 2 is 1.86 bits per heavy atom. The van der Waals surface area contributed by atoms with Gasteiger partial charge in [-0.25, -0.2) is 4.98 Å². The molecule has 7 heteroatoms. The lowest BCUT2D eigenvalue weighted by Gasteiger charge is -2.31. The van der Waals surface area contributed by atoms with Crippen LogP contribution >= 0.6 is 24.8 Å². The highest BCUT2D eigenvalue weighted by molar-refractivity contribution is 5.94. The SMILES string of the molecule is Cl.Cl.O=C(c1ccc(CC2CCCNC2)cc1)N1CCC(c2ncc[nH]2)CC1. The number of hydrogen-bond acceptors (Lipinski definition) is 3. The van der Waals surface area contributed by atoms with Crippen molar-refractivity contribution in [1.82, 2.24) is 20.2 Å². The zero-order valence-electron chi connectivity index (χ0n) is 16.1. The average Bonchev–Trinajstić information content (AvgIpc) is 3.24. The van der Waals surface area contributed by atoms with Crippen LogP contribution in [0, 0.1) is 5.92 Å². The number of amides is 1. The summed E-state index contributed by atoms with van der Waals surface area (Å²) in [5.74, 6) is 2.39. The van der Waals surface area contributed by atoms with Gasteiger partial charge in [-0.15, -0.1) is 24.8 Å². The molecule has 4 rings (SSSR count). The Morgan fingerprint density at radius 1 is 1.11 bits per heavy atom. The molecule has 1 aromatic carbocycles. The third-order valence-corrected chi connectivity index (χ3v) is 5.81. The van der Waals surface area contributed by atoms with Crippen molar-refractivity contribution < 1.29 is 4.79 Å². The van der Waals surface area contributed by atoms with Gasteiger partial charge in [-0.1, -0.05) is 12.1 Å². The Kier molecular flexibility index (Phi) is 8.80. The monoisotopic (exact) mass is 424 g/mol. The number of imidazole rings is 1. The van der Waals surface area contributed by atoms with Crippen molar-refractivity contribution in [3.05, 3.63) is 53.6 Å². The zero-order chi connectivity index (χ0) is 17.8. The summed E-state index contributed by atoms with van der Waals surface area (Å²) in [6.07, 6.45) is 9.32. The first kappa shape index (κ1) is 22.7. The van der Waals surface area contributed by atoms with E-state index in [0.29, 0.717) is 5.92 Å². The molecule has 1 aromatic heterocycles. The number of rotatable bonds is 4. The van der Waals surface area contributed by atoms with Gasteiger partial charge in [0.15, 0.2) is 0 Å². The van der Waals surface area contributed by atoms with Crippen LogP contribution in [0.5, 0.6) is 0 Å². The smallest absolute Gasteiger partial charge is 0.253 e. The molecular formula is C21H30Cl2N4O. The van der Waals surface area contributed by atoms with Gasteiger partial charge in [-0.05, 0) is 68.8 Å². The summed E-state index contributed by atoms with van der Waals surface area (Å²) in [6, 6.07) is 8.29. The van der Waals surface area contributed by atoms with Crippen LogP contribution in [0.3, 0.4) is 0 Å². The van der Waals surface area contributed by atoms with E-state index in [0.717, 1.165) is 62.7 Å². The first-order valence-corrected chi connectivity index (χ1v) is 9.88. The molecule has 1 atom stereocenters. The number of halogens is 2. The van der Waals surface area contributed by atoms with E-state index in [9.17, 15) is 4.79 Å². The largest absolute Gasteiger partial charge is 0.348 e. The Bertz CT molecular complexity index is 707. The molecule has 0 bridgehead atoms. The molecule has 1 amide bonds. The highest BCUT2D eigenvalue weighted by Crippen LogP contribution is 2.26. The van der Waals surface area contributed by atoms with E-state index >= 15 is 0 Å². The van der Waals surface area contributed by atoms with E-state index in [4.69, 9.17) is 0 Å². The number of aromatic amines is 1. The lowest BCUT2D eigenvalue weighted by atomic mass is 9.92. The second-order valence-corrected chi connectivity index (χ2v) is 7.65. The maximum Gasteiger partial charge on any atom is 0.253 e. The van der Waals surface area contributed by atoms with Crippen molar-refractivity contribution in [2.45, 2.75) is 38.0 Å². The zero-order valence-corrected chi connectivity index (χ0v) is 17.7. The van der Waals surface area contributed by atoms with Gasteiger partial charge >= 0.3 is 0 Å².